The zero-order chi connectivity index (χ0) is 21.6. The van der Waals surface area contributed by atoms with Crippen LogP contribution in [0, 0.1) is 13.8 Å². The maximum atomic E-state index is 8.53. The monoisotopic (exact) mass is 392 g/mol. The van der Waals surface area contributed by atoms with Gasteiger partial charge in [-0.1, -0.05) is 58.0 Å². The minimum absolute atomic E-state index is 0.186. The van der Waals surface area contributed by atoms with E-state index in [2.05, 4.69) is 0 Å². The van der Waals surface area contributed by atoms with Crippen LogP contribution in [0.1, 0.15) is 51.7 Å². The summed E-state index contributed by atoms with van der Waals surface area (Å²) in [7, 11) is 0. The molecule has 2 N–H and O–H groups in total. The van der Waals surface area contributed by atoms with Gasteiger partial charge >= 0.3 is 0 Å². The third kappa shape index (κ3) is 15.1. The number of benzene rings is 2. The van der Waals surface area contributed by atoms with E-state index >= 15 is 0 Å². The molecule has 0 amide bonds. The first-order valence-electron chi connectivity index (χ1n) is 10.3. The molecule has 28 heavy (non-hydrogen) atoms. The van der Waals surface area contributed by atoms with E-state index < -0.39 is 0 Å². The van der Waals surface area contributed by atoms with Crippen molar-refractivity contribution >= 4 is 0 Å². The van der Waals surface area contributed by atoms with Gasteiger partial charge in [-0.05, 0) is 43.2 Å². The summed E-state index contributed by atoms with van der Waals surface area (Å²) in [6, 6.07) is 15.8. The number of hydrogen-bond donors (Lipinski definition) is 2. The van der Waals surface area contributed by atoms with E-state index in [0.29, 0.717) is 26.1 Å². The molecule has 0 saturated carbocycles. The second-order valence-electron chi connectivity index (χ2n) is 5.43. The van der Waals surface area contributed by atoms with E-state index in [1.165, 1.54) is 5.56 Å². The maximum Gasteiger partial charge on any atom is 0.122 e. The molecule has 0 aliphatic heterocycles. The molecule has 0 spiro atoms. The van der Waals surface area contributed by atoms with Crippen molar-refractivity contribution in [3.05, 3.63) is 59.7 Å². The lowest BCUT2D eigenvalue weighted by molar-refractivity contribution is 0.232. The van der Waals surface area contributed by atoms with Gasteiger partial charge in [-0.3, -0.25) is 0 Å². The van der Waals surface area contributed by atoms with Gasteiger partial charge in [0.2, 0.25) is 0 Å². The number of aryl methyl sites for hydroxylation is 2. The van der Waals surface area contributed by atoms with Crippen molar-refractivity contribution in [1.29, 1.82) is 0 Å². The predicted molar refractivity (Wildman–Crippen MR) is 119 cm³/mol. The molecule has 0 saturated heterocycles. The lowest BCUT2D eigenvalue weighted by atomic mass is 10.2. The zero-order valence-electron chi connectivity index (χ0n) is 18.6. The Kier molecular flexibility index (Phi) is 21.4. The fourth-order valence-corrected chi connectivity index (χ4v) is 1.92. The minimum atomic E-state index is 0.186. The largest absolute Gasteiger partial charge is 0.493 e. The van der Waals surface area contributed by atoms with Crippen molar-refractivity contribution in [3.8, 4) is 11.5 Å². The maximum absolute atomic E-state index is 8.53. The van der Waals surface area contributed by atoms with Gasteiger partial charge < -0.3 is 19.7 Å². The fraction of sp³-hybridized carbons (Fsp3) is 0.500. The highest BCUT2D eigenvalue weighted by atomic mass is 16.5. The highest BCUT2D eigenvalue weighted by Crippen LogP contribution is 2.16. The fourth-order valence-electron chi connectivity index (χ4n) is 1.92. The third-order valence-electron chi connectivity index (χ3n) is 3.21. The van der Waals surface area contributed by atoms with Gasteiger partial charge in [-0.25, -0.2) is 0 Å². The average molecular weight is 393 g/mol. The molecular formula is C24H40O4. The van der Waals surface area contributed by atoms with Crippen LogP contribution >= 0.6 is 0 Å². The van der Waals surface area contributed by atoms with Gasteiger partial charge in [-0.15, -0.1) is 0 Å². The summed E-state index contributed by atoms with van der Waals surface area (Å²) in [6.45, 7) is 13.6. The molecule has 2 rings (SSSR count). The van der Waals surface area contributed by atoms with Crippen molar-refractivity contribution in [1.82, 2.24) is 0 Å². The molecule has 4 nitrogen and oxygen atoms in total. The van der Waals surface area contributed by atoms with Crippen molar-refractivity contribution in [2.24, 2.45) is 0 Å². The molecule has 0 radical (unpaired) electrons. The van der Waals surface area contributed by atoms with Gasteiger partial charge in [0.1, 0.15) is 11.5 Å². The average Bonchev–Trinajstić information content (AvgIpc) is 2.73. The van der Waals surface area contributed by atoms with Crippen LogP contribution in [0.25, 0.3) is 0 Å². The molecule has 2 aromatic rings. The van der Waals surface area contributed by atoms with Gasteiger partial charge in [0.25, 0.3) is 0 Å². The van der Waals surface area contributed by atoms with Gasteiger partial charge in [-0.2, -0.15) is 0 Å². The van der Waals surface area contributed by atoms with Crippen molar-refractivity contribution in [2.45, 2.75) is 54.4 Å². The second kappa shape index (κ2) is 21.3. The van der Waals surface area contributed by atoms with Crippen molar-refractivity contribution < 1.29 is 19.7 Å². The first kappa shape index (κ1) is 28.2. The van der Waals surface area contributed by atoms with Gasteiger partial charge in [0, 0.05) is 26.1 Å². The van der Waals surface area contributed by atoms with Crippen LogP contribution in [0.5, 0.6) is 11.5 Å². The van der Waals surface area contributed by atoms with Crippen LogP contribution in [-0.4, -0.2) is 36.6 Å². The normalized spacial score (nSPS) is 8.86. The number of hydrogen-bond acceptors (Lipinski definition) is 4. The molecule has 0 unspecified atom stereocenters. The number of aliphatic hydroxyl groups is 2. The Labute approximate surface area is 172 Å². The lowest BCUT2D eigenvalue weighted by Gasteiger charge is -2.06. The number of para-hydroxylation sites is 1. The zero-order valence-corrected chi connectivity index (χ0v) is 18.6. The van der Waals surface area contributed by atoms with E-state index in [1.807, 2.05) is 90.1 Å². The quantitative estimate of drug-likeness (QED) is 0.577. The standard InChI is InChI=1S/2C10H14O2.2C2H6/c1-9-4-2-5-10(8-9)12-7-3-6-11;1-9-5-2-3-6-10(9)12-8-4-7-11;2*1-2/h2,4-5,8,11H,3,6-7H2,1H3;2-3,5-6,11H,4,7-8H2,1H3;2*1-2H3. The summed E-state index contributed by atoms with van der Waals surface area (Å²) >= 11 is 0. The number of aliphatic hydroxyl groups excluding tert-OH is 2. The molecule has 0 heterocycles. The minimum Gasteiger partial charge on any atom is -0.493 e. The summed E-state index contributed by atoms with van der Waals surface area (Å²) in [5, 5.41) is 17.1. The first-order valence-corrected chi connectivity index (χ1v) is 10.3. The summed E-state index contributed by atoms with van der Waals surface area (Å²) in [4.78, 5) is 0. The molecule has 0 aliphatic rings. The number of ether oxygens (including phenoxy) is 2. The molecular weight excluding hydrogens is 352 g/mol. The smallest absolute Gasteiger partial charge is 0.122 e. The highest BCUT2D eigenvalue weighted by molar-refractivity contribution is 5.31. The van der Waals surface area contributed by atoms with Crippen LogP contribution in [0.4, 0.5) is 0 Å². The van der Waals surface area contributed by atoms with Crippen LogP contribution in [0.2, 0.25) is 0 Å². The van der Waals surface area contributed by atoms with Crippen LogP contribution in [0.15, 0.2) is 48.5 Å². The first-order chi connectivity index (χ1) is 13.7. The van der Waals surface area contributed by atoms with E-state index in [1.54, 1.807) is 0 Å². The van der Waals surface area contributed by atoms with E-state index in [9.17, 15) is 0 Å². The molecule has 0 fully saturated rings. The summed E-state index contributed by atoms with van der Waals surface area (Å²) < 4.78 is 10.8. The molecule has 0 aliphatic carbocycles. The molecule has 0 atom stereocenters. The Morgan fingerprint density at radius 2 is 1.29 bits per heavy atom. The highest BCUT2D eigenvalue weighted by Gasteiger charge is 1.95. The third-order valence-corrected chi connectivity index (χ3v) is 3.21. The predicted octanol–water partition coefficient (Wildman–Crippen LogP) is 5.56. The van der Waals surface area contributed by atoms with E-state index in [4.69, 9.17) is 19.7 Å². The van der Waals surface area contributed by atoms with Gasteiger partial charge in [0.15, 0.2) is 0 Å². The Morgan fingerprint density at radius 3 is 1.82 bits per heavy atom. The Hall–Kier alpha value is -2.04. The molecule has 160 valence electrons. The van der Waals surface area contributed by atoms with Crippen LogP contribution in [-0.2, 0) is 0 Å². The summed E-state index contributed by atoms with van der Waals surface area (Å²) in [5.74, 6) is 1.79. The lowest BCUT2D eigenvalue weighted by Crippen LogP contribution is -2.00. The second-order valence-corrected chi connectivity index (χ2v) is 5.43. The molecule has 0 aromatic heterocycles. The summed E-state index contributed by atoms with van der Waals surface area (Å²) in [6.07, 6.45) is 1.38. The van der Waals surface area contributed by atoms with Crippen LogP contribution < -0.4 is 9.47 Å². The Balaban J connectivity index is 0. The van der Waals surface area contributed by atoms with E-state index in [-0.39, 0.29) is 13.2 Å². The Bertz CT molecular complexity index is 570. The SMILES string of the molecule is CC.CC.Cc1cccc(OCCCO)c1.Cc1ccccc1OCCCO. The topological polar surface area (TPSA) is 58.9 Å². The summed E-state index contributed by atoms with van der Waals surface area (Å²) in [5.41, 5.74) is 2.33. The molecule has 2 aromatic carbocycles. The van der Waals surface area contributed by atoms with Gasteiger partial charge in [0.05, 0.1) is 13.2 Å². The van der Waals surface area contributed by atoms with E-state index in [0.717, 1.165) is 17.1 Å². The number of rotatable bonds is 8. The Morgan fingerprint density at radius 1 is 0.714 bits per heavy atom. The van der Waals surface area contributed by atoms with Crippen LogP contribution in [0.3, 0.4) is 0 Å². The van der Waals surface area contributed by atoms with Crippen molar-refractivity contribution in [2.75, 3.05) is 26.4 Å². The molecule has 0 bridgehead atoms. The molecule has 4 heteroatoms. The van der Waals surface area contributed by atoms with Crippen molar-refractivity contribution in [3.63, 3.8) is 0 Å².